The highest BCUT2D eigenvalue weighted by Crippen LogP contribution is 1.85. The van der Waals surface area contributed by atoms with Gasteiger partial charge in [0, 0.05) is 11.6 Å². The Morgan fingerprint density at radius 1 is 1.50 bits per heavy atom. The summed E-state index contributed by atoms with van der Waals surface area (Å²) in [7, 11) is 0. The predicted molar refractivity (Wildman–Crippen MR) is 28.8 cm³/mol. The third kappa shape index (κ3) is 1.17. The molecule has 0 aromatic carbocycles. The summed E-state index contributed by atoms with van der Waals surface area (Å²) < 4.78 is 0. The van der Waals surface area contributed by atoms with E-state index >= 15 is 0 Å². The fourth-order valence-corrected chi connectivity index (χ4v) is 0.527. The molecular weight excluding hydrogens is 94.1 g/mol. The van der Waals surface area contributed by atoms with Gasteiger partial charge in [-0.05, 0) is 0 Å². The Balaban J connectivity index is 0.000000250. The highest BCUT2D eigenvalue weighted by Gasteiger charge is 1.59. The van der Waals surface area contributed by atoms with Crippen LogP contribution in [0.25, 0.3) is 0 Å². The van der Waals surface area contributed by atoms with Gasteiger partial charge >= 0.3 is 0 Å². The first-order chi connectivity index (χ1) is 2.50. The van der Waals surface area contributed by atoms with Gasteiger partial charge < -0.3 is 0 Å². The normalized spacial score (nSPS) is 6.67. The van der Waals surface area contributed by atoms with Crippen LogP contribution in [0, 0.1) is 0 Å². The van der Waals surface area contributed by atoms with Gasteiger partial charge in [-0.3, -0.25) is 4.98 Å². The lowest BCUT2D eigenvalue weighted by Gasteiger charge is -1.41. The summed E-state index contributed by atoms with van der Waals surface area (Å²) in [6, 6.07) is 0. The summed E-state index contributed by atoms with van der Waals surface area (Å²) in [5.74, 6) is 0. The van der Waals surface area contributed by atoms with Gasteiger partial charge in [0.25, 0.3) is 0 Å². The summed E-state index contributed by atoms with van der Waals surface area (Å²) in [6.07, 6.45) is 1.77. The maximum absolute atomic E-state index is 3.74. The molecule has 1 aromatic heterocycles. The fourth-order valence-electron chi connectivity index (χ4n) is 0.176. The van der Waals surface area contributed by atoms with E-state index in [-0.39, 0.29) is 7.43 Å². The van der Waals surface area contributed by atoms with Gasteiger partial charge in [0.05, 0.1) is 5.51 Å². The summed E-state index contributed by atoms with van der Waals surface area (Å²) >= 11 is 1.60. The summed E-state index contributed by atoms with van der Waals surface area (Å²) in [5, 5.41) is 1.93. The van der Waals surface area contributed by atoms with Crippen molar-refractivity contribution in [2.45, 2.75) is 7.43 Å². The van der Waals surface area contributed by atoms with Gasteiger partial charge in [0.15, 0.2) is 0 Å². The SMILES string of the molecule is C.c1cscn1. The van der Waals surface area contributed by atoms with E-state index in [1.54, 1.807) is 23.0 Å². The molecule has 0 atom stereocenters. The van der Waals surface area contributed by atoms with Crippen LogP contribution in [0.3, 0.4) is 0 Å². The minimum absolute atomic E-state index is 0. The van der Waals surface area contributed by atoms with E-state index in [1.807, 2.05) is 5.38 Å². The summed E-state index contributed by atoms with van der Waals surface area (Å²) in [4.78, 5) is 3.74. The quantitative estimate of drug-likeness (QED) is 0.485. The molecule has 34 valence electrons. The molecule has 0 spiro atoms. The van der Waals surface area contributed by atoms with Crippen LogP contribution in [0.15, 0.2) is 17.1 Å². The lowest BCUT2D eigenvalue weighted by molar-refractivity contribution is 1.43. The molecule has 0 unspecified atom stereocenters. The molecule has 0 amide bonds. The lowest BCUT2D eigenvalue weighted by Crippen LogP contribution is -1.38. The van der Waals surface area contributed by atoms with E-state index in [0.29, 0.717) is 0 Å². The standard InChI is InChI=1S/C3H3NS.CH4/c1-2-5-3-4-1;/h1-3H;1H4. The molecule has 0 saturated carbocycles. The van der Waals surface area contributed by atoms with Gasteiger partial charge in [-0.25, -0.2) is 0 Å². The van der Waals surface area contributed by atoms with Gasteiger partial charge in [0.1, 0.15) is 0 Å². The van der Waals surface area contributed by atoms with Crippen molar-refractivity contribution in [3.8, 4) is 0 Å². The smallest absolute Gasteiger partial charge is 0.0791 e. The minimum Gasteiger partial charge on any atom is -0.253 e. The number of nitrogens with zero attached hydrogens (tertiary/aromatic N) is 1. The van der Waals surface area contributed by atoms with E-state index in [0.717, 1.165) is 0 Å². The van der Waals surface area contributed by atoms with Crippen molar-refractivity contribution in [3.05, 3.63) is 17.1 Å². The van der Waals surface area contributed by atoms with Crippen molar-refractivity contribution in [3.63, 3.8) is 0 Å². The van der Waals surface area contributed by atoms with Crippen molar-refractivity contribution < 1.29 is 0 Å². The Morgan fingerprint density at radius 2 is 2.33 bits per heavy atom. The van der Waals surface area contributed by atoms with Gasteiger partial charge in [-0.1, -0.05) is 7.43 Å². The zero-order valence-electron chi connectivity index (χ0n) is 2.59. The maximum Gasteiger partial charge on any atom is 0.0791 e. The van der Waals surface area contributed by atoms with Crippen molar-refractivity contribution in [1.29, 1.82) is 0 Å². The van der Waals surface area contributed by atoms with E-state index in [9.17, 15) is 0 Å². The van der Waals surface area contributed by atoms with Gasteiger partial charge in [-0.2, -0.15) is 0 Å². The third-order valence-corrected chi connectivity index (χ3v) is 0.869. The average Bonchev–Trinajstić information content (AvgIpc) is 1.76. The molecule has 2 heteroatoms. The number of hydrogen-bond acceptors (Lipinski definition) is 2. The molecule has 0 saturated heterocycles. The zero-order valence-corrected chi connectivity index (χ0v) is 3.40. The van der Waals surface area contributed by atoms with Crippen LogP contribution < -0.4 is 0 Å². The Hall–Kier alpha value is -0.370. The van der Waals surface area contributed by atoms with Crippen LogP contribution >= 0.6 is 11.3 Å². The van der Waals surface area contributed by atoms with Crippen molar-refractivity contribution >= 4 is 11.3 Å². The summed E-state index contributed by atoms with van der Waals surface area (Å²) in [6.45, 7) is 0. The average molecular weight is 101 g/mol. The molecule has 0 radical (unpaired) electrons. The predicted octanol–water partition coefficient (Wildman–Crippen LogP) is 1.78. The first kappa shape index (κ1) is 5.63. The van der Waals surface area contributed by atoms with Crippen LogP contribution in [0.4, 0.5) is 0 Å². The molecule has 1 rings (SSSR count). The second-order valence-corrected chi connectivity index (χ2v) is 1.43. The molecule has 0 aliphatic carbocycles. The number of aromatic nitrogens is 1. The second kappa shape index (κ2) is 2.85. The molecule has 0 aliphatic rings. The molecule has 6 heavy (non-hydrogen) atoms. The molecule has 0 aliphatic heterocycles. The highest BCUT2D eigenvalue weighted by atomic mass is 32.1. The molecule has 1 nitrogen and oxygen atoms in total. The molecule has 1 heterocycles. The second-order valence-electron chi connectivity index (χ2n) is 0.676. The molecule has 0 fully saturated rings. The molecule has 0 bridgehead atoms. The largest absolute Gasteiger partial charge is 0.253 e. The Labute approximate surface area is 41.7 Å². The molecule has 1 aromatic rings. The first-order valence-electron chi connectivity index (χ1n) is 1.32. The lowest BCUT2D eigenvalue weighted by atomic mass is 11.0. The van der Waals surface area contributed by atoms with E-state index < -0.39 is 0 Å². The number of thiazole rings is 1. The van der Waals surface area contributed by atoms with Gasteiger partial charge in [0.2, 0.25) is 0 Å². The minimum atomic E-state index is 0. The van der Waals surface area contributed by atoms with Crippen molar-refractivity contribution in [1.82, 2.24) is 4.98 Å². The Morgan fingerprint density at radius 3 is 2.50 bits per heavy atom. The zero-order chi connectivity index (χ0) is 3.54. The van der Waals surface area contributed by atoms with Crippen LogP contribution in [-0.4, -0.2) is 4.98 Å². The first-order valence-corrected chi connectivity index (χ1v) is 2.26. The van der Waals surface area contributed by atoms with Crippen LogP contribution in [0.2, 0.25) is 0 Å². The molecule has 0 N–H and O–H groups in total. The van der Waals surface area contributed by atoms with Crippen molar-refractivity contribution in [2.75, 3.05) is 0 Å². The van der Waals surface area contributed by atoms with E-state index in [1.165, 1.54) is 0 Å². The van der Waals surface area contributed by atoms with E-state index in [2.05, 4.69) is 4.98 Å². The number of hydrogen-bond donors (Lipinski definition) is 0. The topological polar surface area (TPSA) is 12.9 Å². The third-order valence-electron chi connectivity index (χ3n) is 0.347. The van der Waals surface area contributed by atoms with Crippen LogP contribution in [0.1, 0.15) is 7.43 Å². The van der Waals surface area contributed by atoms with Crippen LogP contribution in [-0.2, 0) is 0 Å². The van der Waals surface area contributed by atoms with Crippen LogP contribution in [0.5, 0.6) is 0 Å². The molecular formula is C4H7NS. The van der Waals surface area contributed by atoms with E-state index in [4.69, 9.17) is 0 Å². The van der Waals surface area contributed by atoms with Gasteiger partial charge in [-0.15, -0.1) is 11.3 Å². The Kier molecular flexibility index (Phi) is 2.67. The highest BCUT2D eigenvalue weighted by molar-refractivity contribution is 7.07. The number of rotatable bonds is 0. The Bertz CT molecular complexity index is 64.0. The van der Waals surface area contributed by atoms with Crippen molar-refractivity contribution in [2.24, 2.45) is 0 Å². The summed E-state index contributed by atoms with van der Waals surface area (Å²) in [5.41, 5.74) is 1.79. The maximum atomic E-state index is 3.74. The monoisotopic (exact) mass is 101 g/mol. The fraction of sp³-hybridized carbons (Fsp3) is 0.250.